The molecule has 2 aromatic heterocycles. The average Bonchev–Trinajstić information content (AvgIpc) is 3.33. The molecule has 1 atom stereocenters. The normalized spacial score (nSPS) is 11.6. The Bertz CT molecular complexity index is 981. The van der Waals surface area contributed by atoms with E-state index in [1.807, 2.05) is 16.8 Å². The maximum Gasteiger partial charge on any atom is 0.312 e. The van der Waals surface area contributed by atoms with Crippen LogP contribution in [0.5, 0.6) is 0 Å². The number of carbonyl (C=O) groups is 3. The van der Waals surface area contributed by atoms with Crippen LogP contribution in [0.2, 0.25) is 0 Å². The van der Waals surface area contributed by atoms with Gasteiger partial charge in [0.2, 0.25) is 5.91 Å². The molecule has 9 heteroatoms. The number of benzene rings is 1. The Balaban J connectivity index is 1.52. The second-order valence-corrected chi connectivity index (χ2v) is 7.53. The molecule has 0 radical (unpaired) electrons. The van der Waals surface area contributed by atoms with Gasteiger partial charge in [0.05, 0.1) is 12.1 Å². The Kier molecular flexibility index (Phi) is 6.17. The quantitative estimate of drug-likeness (QED) is 0.576. The van der Waals surface area contributed by atoms with Gasteiger partial charge in [-0.1, -0.05) is 0 Å². The van der Waals surface area contributed by atoms with Gasteiger partial charge in [0.25, 0.3) is 5.91 Å². The number of anilines is 1. The Labute approximate surface area is 169 Å². The summed E-state index contributed by atoms with van der Waals surface area (Å²) in [6.45, 7) is 1.49. The molecule has 0 aliphatic carbocycles. The van der Waals surface area contributed by atoms with Gasteiger partial charge < -0.3 is 15.8 Å². The molecule has 0 saturated heterocycles. The van der Waals surface area contributed by atoms with Crippen LogP contribution < -0.4 is 11.1 Å². The van der Waals surface area contributed by atoms with Gasteiger partial charge in [0.1, 0.15) is 5.01 Å². The van der Waals surface area contributed by atoms with E-state index in [0.29, 0.717) is 16.9 Å². The van der Waals surface area contributed by atoms with Gasteiger partial charge in [-0.15, -0.1) is 11.3 Å². The van der Waals surface area contributed by atoms with Crippen molar-refractivity contribution < 1.29 is 19.1 Å². The molecule has 0 unspecified atom stereocenters. The molecule has 0 fully saturated rings. The standard InChI is InChI=1S/C19H17N3O4S2/c1-11(18(25)21-14-4-2-12(3-5-14)17(20)24)26-16(23)8-15-10-28-19(22-15)13-6-7-27-9-13/h2-7,9-11H,8H2,1H3,(H2,20,24)(H,21,25)/t11-/m1/s1. The number of ether oxygens (including phenoxy) is 1. The van der Waals surface area contributed by atoms with Gasteiger partial charge in [-0.3, -0.25) is 14.4 Å². The second-order valence-electron chi connectivity index (χ2n) is 5.90. The lowest BCUT2D eigenvalue weighted by atomic mass is 10.2. The molecule has 3 N–H and O–H groups in total. The van der Waals surface area contributed by atoms with Crippen LogP contribution in [-0.4, -0.2) is 28.9 Å². The first-order chi connectivity index (χ1) is 13.4. The fourth-order valence-corrected chi connectivity index (χ4v) is 3.84. The van der Waals surface area contributed by atoms with Crippen LogP contribution in [0.4, 0.5) is 5.69 Å². The summed E-state index contributed by atoms with van der Waals surface area (Å²) >= 11 is 3.03. The maximum absolute atomic E-state index is 12.2. The summed E-state index contributed by atoms with van der Waals surface area (Å²) in [6, 6.07) is 8.07. The van der Waals surface area contributed by atoms with E-state index in [4.69, 9.17) is 10.5 Å². The lowest BCUT2D eigenvalue weighted by molar-refractivity contribution is -0.152. The highest BCUT2D eigenvalue weighted by molar-refractivity contribution is 7.14. The summed E-state index contributed by atoms with van der Waals surface area (Å²) in [5.74, 6) is -1.56. The van der Waals surface area contributed by atoms with Crippen molar-refractivity contribution in [3.8, 4) is 10.6 Å². The predicted octanol–water partition coefficient (Wildman–Crippen LogP) is 3.08. The molecule has 2 heterocycles. The SMILES string of the molecule is C[C@@H](OC(=O)Cc1csc(-c2ccsc2)n1)C(=O)Nc1ccc(C(N)=O)cc1. The number of thiazole rings is 1. The molecule has 0 aliphatic heterocycles. The van der Waals surface area contributed by atoms with E-state index in [2.05, 4.69) is 10.3 Å². The number of hydrogen-bond donors (Lipinski definition) is 2. The lowest BCUT2D eigenvalue weighted by Gasteiger charge is -2.13. The van der Waals surface area contributed by atoms with Crippen molar-refractivity contribution in [2.24, 2.45) is 5.73 Å². The Morgan fingerprint density at radius 1 is 1.18 bits per heavy atom. The fraction of sp³-hybridized carbons (Fsp3) is 0.158. The van der Waals surface area contributed by atoms with E-state index in [1.165, 1.54) is 30.4 Å². The minimum Gasteiger partial charge on any atom is -0.452 e. The molecule has 28 heavy (non-hydrogen) atoms. The zero-order valence-electron chi connectivity index (χ0n) is 14.9. The molecular weight excluding hydrogens is 398 g/mol. The van der Waals surface area contributed by atoms with Gasteiger partial charge in [-0.25, -0.2) is 4.98 Å². The maximum atomic E-state index is 12.2. The molecule has 0 saturated carbocycles. The first-order valence-corrected chi connectivity index (χ1v) is 10.1. The zero-order chi connectivity index (χ0) is 20.1. The Hall–Kier alpha value is -3.04. The summed E-state index contributed by atoms with van der Waals surface area (Å²) in [4.78, 5) is 39.8. The third-order valence-corrected chi connectivity index (χ3v) is 5.38. The molecule has 0 spiro atoms. The van der Waals surface area contributed by atoms with Crippen molar-refractivity contribution in [1.29, 1.82) is 0 Å². The molecule has 0 aliphatic rings. The van der Waals surface area contributed by atoms with Crippen molar-refractivity contribution in [2.75, 3.05) is 5.32 Å². The molecule has 144 valence electrons. The van der Waals surface area contributed by atoms with Gasteiger partial charge in [-0.05, 0) is 42.6 Å². The van der Waals surface area contributed by atoms with Crippen LogP contribution in [0.15, 0.2) is 46.5 Å². The van der Waals surface area contributed by atoms with E-state index < -0.39 is 23.9 Å². The average molecular weight is 415 g/mol. The van der Waals surface area contributed by atoms with Gasteiger partial charge in [-0.2, -0.15) is 11.3 Å². The van der Waals surface area contributed by atoms with E-state index in [0.717, 1.165) is 10.6 Å². The number of esters is 1. The third-order valence-electron chi connectivity index (χ3n) is 3.76. The monoisotopic (exact) mass is 415 g/mol. The molecular formula is C19H17N3O4S2. The first-order valence-electron chi connectivity index (χ1n) is 8.29. The number of primary amides is 1. The van der Waals surface area contributed by atoms with Gasteiger partial charge in [0.15, 0.2) is 6.10 Å². The molecule has 1 aromatic carbocycles. The van der Waals surface area contributed by atoms with E-state index >= 15 is 0 Å². The summed E-state index contributed by atoms with van der Waals surface area (Å²) < 4.78 is 5.19. The minimum absolute atomic E-state index is 0.00837. The topological polar surface area (TPSA) is 111 Å². The van der Waals surface area contributed by atoms with E-state index in [1.54, 1.807) is 28.8 Å². The number of nitrogens with one attached hydrogen (secondary N) is 1. The summed E-state index contributed by atoms with van der Waals surface area (Å²) in [5.41, 5.74) is 7.60. The number of hydrogen-bond acceptors (Lipinski definition) is 7. The highest BCUT2D eigenvalue weighted by Gasteiger charge is 2.19. The van der Waals surface area contributed by atoms with Crippen LogP contribution in [0.3, 0.4) is 0 Å². The zero-order valence-corrected chi connectivity index (χ0v) is 16.5. The molecule has 3 rings (SSSR count). The minimum atomic E-state index is -0.974. The highest BCUT2D eigenvalue weighted by atomic mass is 32.1. The number of carbonyl (C=O) groups excluding carboxylic acids is 3. The molecule has 0 bridgehead atoms. The van der Waals surface area contributed by atoms with Crippen LogP contribution in [0.25, 0.3) is 10.6 Å². The fourth-order valence-electron chi connectivity index (χ4n) is 2.31. The smallest absolute Gasteiger partial charge is 0.312 e. The predicted molar refractivity (Wildman–Crippen MR) is 108 cm³/mol. The number of aromatic nitrogens is 1. The van der Waals surface area contributed by atoms with Crippen molar-refractivity contribution in [3.63, 3.8) is 0 Å². The molecule has 2 amide bonds. The second kappa shape index (κ2) is 8.77. The lowest BCUT2D eigenvalue weighted by Crippen LogP contribution is -2.30. The van der Waals surface area contributed by atoms with Crippen LogP contribution in [0, 0.1) is 0 Å². The summed E-state index contributed by atoms with van der Waals surface area (Å²) in [7, 11) is 0. The number of rotatable bonds is 7. The Morgan fingerprint density at radius 2 is 1.93 bits per heavy atom. The van der Waals surface area contributed by atoms with E-state index in [-0.39, 0.29) is 6.42 Å². The highest BCUT2D eigenvalue weighted by Crippen LogP contribution is 2.25. The van der Waals surface area contributed by atoms with E-state index in [9.17, 15) is 14.4 Å². The largest absolute Gasteiger partial charge is 0.452 e. The number of nitrogens with two attached hydrogens (primary N) is 1. The number of amides is 2. The van der Waals surface area contributed by atoms with Crippen molar-refractivity contribution in [1.82, 2.24) is 4.98 Å². The number of thiophene rings is 1. The van der Waals surface area contributed by atoms with Crippen molar-refractivity contribution in [2.45, 2.75) is 19.4 Å². The van der Waals surface area contributed by atoms with Gasteiger partial charge >= 0.3 is 5.97 Å². The molecule has 7 nitrogen and oxygen atoms in total. The van der Waals surface area contributed by atoms with Crippen LogP contribution in [0.1, 0.15) is 23.0 Å². The van der Waals surface area contributed by atoms with Crippen molar-refractivity contribution >= 4 is 46.1 Å². The Morgan fingerprint density at radius 3 is 2.57 bits per heavy atom. The summed E-state index contributed by atoms with van der Waals surface area (Å²) in [6.07, 6.45) is -0.982. The first kappa shape index (κ1) is 19.7. The third kappa shape index (κ3) is 5.02. The van der Waals surface area contributed by atoms with Crippen LogP contribution >= 0.6 is 22.7 Å². The number of nitrogens with zero attached hydrogens (tertiary/aromatic N) is 1. The summed E-state index contributed by atoms with van der Waals surface area (Å²) in [5, 5.41) is 9.22. The molecule has 3 aromatic rings. The van der Waals surface area contributed by atoms with Crippen molar-refractivity contribution in [3.05, 3.63) is 57.7 Å². The van der Waals surface area contributed by atoms with Crippen LogP contribution in [-0.2, 0) is 20.7 Å². The van der Waals surface area contributed by atoms with Gasteiger partial charge in [0, 0.05) is 27.6 Å².